The first kappa shape index (κ1) is 18.5. The summed E-state index contributed by atoms with van der Waals surface area (Å²) in [6.07, 6.45) is -0.573. The van der Waals surface area contributed by atoms with Gasteiger partial charge >= 0.3 is 0 Å². The molecule has 0 fully saturated rings. The first-order valence-electron chi connectivity index (χ1n) is 6.19. The van der Waals surface area contributed by atoms with Gasteiger partial charge in [-0.1, -0.05) is 0 Å². The molecule has 1 atom stereocenters. The minimum atomic E-state index is -0.573. The van der Waals surface area contributed by atoms with Crippen molar-refractivity contribution in [1.82, 2.24) is 5.32 Å². The highest BCUT2D eigenvalue weighted by Crippen LogP contribution is 2.18. The van der Waals surface area contributed by atoms with Gasteiger partial charge in [0.05, 0.1) is 7.11 Å². The summed E-state index contributed by atoms with van der Waals surface area (Å²) in [5, 5.41) is 2.75. The second-order valence-electron chi connectivity index (χ2n) is 5.14. The Morgan fingerprint density at radius 1 is 1.30 bits per heavy atom. The lowest BCUT2D eigenvalue weighted by Crippen LogP contribution is -2.48. The highest BCUT2D eigenvalue weighted by Gasteiger charge is 2.18. The summed E-state index contributed by atoms with van der Waals surface area (Å²) in [6, 6.07) is 7.08. The molecule has 0 saturated heterocycles. The van der Waals surface area contributed by atoms with Crippen LogP contribution in [0.15, 0.2) is 24.3 Å². The van der Waals surface area contributed by atoms with Gasteiger partial charge in [-0.3, -0.25) is 4.79 Å². The van der Waals surface area contributed by atoms with Gasteiger partial charge in [0.15, 0.2) is 6.10 Å². The summed E-state index contributed by atoms with van der Waals surface area (Å²) in [4.78, 5) is 11.8. The third-order valence-corrected chi connectivity index (χ3v) is 2.46. The van der Waals surface area contributed by atoms with Crippen LogP contribution in [0, 0.1) is 0 Å². The van der Waals surface area contributed by atoms with Crippen LogP contribution in [0.1, 0.15) is 20.8 Å². The standard InChI is InChI=1S/C14H22N2O3.ClH/c1-10(13(17)16-9-14(2,3)15)19-12-7-5-11(18-4)6-8-12;/h5-8,10H,9,15H2,1-4H3,(H,16,17);1H. The molecule has 0 radical (unpaired) electrons. The molecular weight excluding hydrogens is 280 g/mol. The van der Waals surface area contributed by atoms with Crippen molar-refractivity contribution in [3.05, 3.63) is 24.3 Å². The van der Waals surface area contributed by atoms with Crippen molar-refractivity contribution in [1.29, 1.82) is 0 Å². The van der Waals surface area contributed by atoms with Crippen LogP contribution in [-0.2, 0) is 4.79 Å². The minimum Gasteiger partial charge on any atom is -0.497 e. The second-order valence-corrected chi connectivity index (χ2v) is 5.14. The molecule has 1 amide bonds. The summed E-state index contributed by atoms with van der Waals surface area (Å²) in [5.74, 6) is 1.18. The van der Waals surface area contributed by atoms with Gasteiger partial charge < -0.3 is 20.5 Å². The minimum absolute atomic E-state index is 0. The van der Waals surface area contributed by atoms with Crippen molar-refractivity contribution in [3.8, 4) is 11.5 Å². The number of ether oxygens (including phenoxy) is 2. The molecule has 114 valence electrons. The van der Waals surface area contributed by atoms with Crippen molar-refractivity contribution in [3.63, 3.8) is 0 Å². The number of rotatable bonds is 6. The van der Waals surface area contributed by atoms with Gasteiger partial charge in [0.2, 0.25) is 0 Å². The largest absolute Gasteiger partial charge is 0.497 e. The fraction of sp³-hybridized carbons (Fsp3) is 0.500. The number of halogens is 1. The van der Waals surface area contributed by atoms with Crippen molar-refractivity contribution < 1.29 is 14.3 Å². The number of carbonyl (C=O) groups excluding carboxylic acids is 1. The number of carbonyl (C=O) groups is 1. The third kappa shape index (κ3) is 6.63. The summed E-state index contributed by atoms with van der Waals surface area (Å²) in [5.41, 5.74) is 5.36. The fourth-order valence-corrected chi connectivity index (χ4v) is 1.37. The van der Waals surface area contributed by atoms with E-state index in [1.165, 1.54) is 0 Å². The number of nitrogens with one attached hydrogen (secondary N) is 1. The molecule has 20 heavy (non-hydrogen) atoms. The van der Waals surface area contributed by atoms with Crippen LogP contribution >= 0.6 is 12.4 Å². The summed E-state index contributed by atoms with van der Waals surface area (Å²) in [6.45, 7) is 5.80. The topological polar surface area (TPSA) is 73.6 Å². The lowest BCUT2D eigenvalue weighted by atomic mass is 10.1. The third-order valence-electron chi connectivity index (χ3n) is 2.46. The molecule has 0 bridgehead atoms. The molecule has 0 heterocycles. The average molecular weight is 303 g/mol. The van der Waals surface area contributed by atoms with E-state index in [9.17, 15) is 4.79 Å². The van der Waals surface area contributed by atoms with E-state index in [1.807, 2.05) is 13.8 Å². The Kier molecular flexibility index (Phi) is 7.39. The van der Waals surface area contributed by atoms with Crippen molar-refractivity contribution >= 4 is 18.3 Å². The number of hydrogen-bond acceptors (Lipinski definition) is 4. The molecule has 1 aromatic carbocycles. The van der Waals surface area contributed by atoms with E-state index in [0.29, 0.717) is 12.3 Å². The highest BCUT2D eigenvalue weighted by atomic mass is 35.5. The summed E-state index contributed by atoms with van der Waals surface area (Å²) < 4.78 is 10.6. The summed E-state index contributed by atoms with van der Waals surface area (Å²) >= 11 is 0. The maximum Gasteiger partial charge on any atom is 0.260 e. The van der Waals surface area contributed by atoms with Gasteiger partial charge in [0.1, 0.15) is 11.5 Å². The van der Waals surface area contributed by atoms with E-state index >= 15 is 0 Å². The van der Waals surface area contributed by atoms with Crippen molar-refractivity contribution in [2.45, 2.75) is 32.4 Å². The zero-order chi connectivity index (χ0) is 14.5. The van der Waals surface area contributed by atoms with Crippen LogP contribution in [0.5, 0.6) is 11.5 Å². The number of amides is 1. The SMILES string of the molecule is COc1ccc(OC(C)C(=O)NCC(C)(C)N)cc1.Cl. The molecule has 0 saturated carbocycles. The Morgan fingerprint density at radius 2 is 1.80 bits per heavy atom. The Bertz CT molecular complexity index is 415. The zero-order valence-corrected chi connectivity index (χ0v) is 13.1. The molecule has 1 unspecified atom stereocenters. The lowest BCUT2D eigenvalue weighted by Gasteiger charge is -2.21. The predicted octanol–water partition coefficient (Wildman–Crippen LogP) is 1.74. The predicted molar refractivity (Wildman–Crippen MR) is 81.6 cm³/mol. The molecule has 0 aliphatic rings. The number of nitrogens with two attached hydrogens (primary N) is 1. The Morgan fingerprint density at radius 3 is 2.25 bits per heavy atom. The molecule has 0 spiro atoms. The van der Waals surface area contributed by atoms with Crippen LogP contribution < -0.4 is 20.5 Å². The zero-order valence-electron chi connectivity index (χ0n) is 12.3. The monoisotopic (exact) mass is 302 g/mol. The van der Waals surface area contributed by atoms with Crippen LogP contribution in [0.4, 0.5) is 0 Å². The molecule has 1 aromatic rings. The Hall–Kier alpha value is -1.46. The molecule has 1 rings (SSSR count). The summed E-state index contributed by atoms with van der Waals surface area (Å²) in [7, 11) is 1.60. The van der Waals surface area contributed by atoms with Gasteiger partial charge in [-0.2, -0.15) is 0 Å². The fourth-order valence-electron chi connectivity index (χ4n) is 1.37. The van der Waals surface area contributed by atoms with Gasteiger partial charge in [-0.05, 0) is 45.0 Å². The quantitative estimate of drug-likeness (QED) is 0.839. The smallest absolute Gasteiger partial charge is 0.260 e. The number of methoxy groups -OCH3 is 1. The van der Waals surface area contributed by atoms with E-state index < -0.39 is 11.6 Å². The lowest BCUT2D eigenvalue weighted by molar-refractivity contribution is -0.127. The normalized spacial score (nSPS) is 12.1. The van der Waals surface area contributed by atoms with E-state index in [2.05, 4.69) is 5.32 Å². The van der Waals surface area contributed by atoms with Crippen LogP contribution in [0.3, 0.4) is 0 Å². The highest BCUT2D eigenvalue weighted by molar-refractivity contribution is 5.85. The van der Waals surface area contributed by atoms with Gasteiger partial charge in [-0.15, -0.1) is 12.4 Å². The Labute approximate surface area is 126 Å². The van der Waals surface area contributed by atoms with Crippen molar-refractivity contribution in [2.75, 3.05) is 13.7 Å². The van der Waals surface area contributed by atoms with Gasteiger partial charge in [0.25, 0.3) is 5.91 Å². The maximum absolute atomic E-state index is 11.8. The molecule has 3 N–H and O–H groups in total. The van der Waals surface area contributed by atoms with E-state index in [1.54, 1.807) is 38.3 Å². The number of benzene rings is 1. The van der Waals surface area contributed by atoms with E-state index in [0.717, 1.165) is 5.75 Å². The van der Waals surface area contributed by atoms with Crippen LogP contribution in [0.25, 0.3) is 0 Å². The van der Waals surface area contributed by atoms with Crippen LogP contribution in [-0.4, -0.2) is 31.2 Å². The first-order chi connectivity index (χ1) is 8.81. The molecule has 0 aromatic heterocycles. The molecule has 0 aliphatic heterocycles. The second kappa shape index (κ2) is 7.97. The average Bonchev–Trinajstić information content (AvgIpc) is 2.36. The first-order valence-corrected chi connectivity index (χ1v) is 6.19. The molecule has 0 aliphatic carbocycles. The van der Waals surface area contributed by atoms with E-state index in [-0.39, 0.29) is 18.3 Å². The molecule has 5 nitrogen and oxygen atoms in total. The Balaban J connectivity index is 0.00000361. The van der Waals surface area contributed by atoms with E-state index in [4.69, 9.17) is 15.2 Å². The maximum atomic E-state index is 11.8. The molecular formula is C14H23ClN2O3. The van der Waals surface area contributed by atoms with Gasteiger partial charge in [-0.25, -0.2) is 0 Å². The number of hydrogen-bond donors (Lipinski definition) is 2. The van der Waals surface area contributed by atoms with Crippen molar-refractivity contribution in [2.24, 2.45) is 5.73 Å². The molecule has 6 heteroatoms. The van der Waals surface area contributed by atoms with Crippen LogP contribution in [0.2, 0.25) is 0 Å². The van der Waals surface area contributed by atoms with Gasteiger partial charge in [0, 0.05) is 12.1 Å².